The van der Waals surface area contributed by atoms with E-state index >= 15 is 0 Å². The van der Waals surface area contributed by atoms with E-state index < -0.39 is 17.2 Å². The predicted octanol–water partition coefficient (Wildman–Crippen LogP) is 8.79. The quantitative estimate of drug-likeness (QED) is 0.193. The van der Waals surface area contributed by atoms with E-state index in [-0.39, 0.29) is 5.82 Å². The lowest BCUT2D eigenvalue weighted by Crippen LogP contribution is -2.52. The summed E-state index contributed by atoms with van der Waals surface area (Å²) in [6.45, 7) is 5.64. The van der Waals surface area contributed by atoms with Gasteiger partial charge in [-0.3, -0.25) is 4.40 Å². The van der Waals surface area contributed by atoms with Crippen LogP contribution < -0.4 is 5.32 Å². The number of hydrogen-bond donors (Lipinski definition) is 1. The standard InChI is InChI=1S/C36H33FN3O2/c1-4-35(3,5-2)42-34(41)39-36(21-11-22-36)28-19-17-25(18-20-28)31-32(26-12-7-6-8-13-26)40-23-10-16-30(33(40)38-31)27-14-9-15-29(37)24-27/h4-10,12-20,23-24H,11,21-22H2,1-3H3/q+1/p+1. The number of amides is 1. The van der Waals surface area contributed by atoms with Crippen molar-refractivity contribution in [3.8, 4) is 33.6 Å². The first-order valence-corrected chi connectivity index (χ1v) is 14.4. The number of aromatic nitrogens is 2. The molecule has 42 heavy (non-hydrogen) atoms. The molecule has 1 fully saturated rings. The van der Waals surface area contributed by atoms with Gasteiger partial charge in [-0.25, -0.2) is 14.2 Å². The van der Waals surface area contributed by atoms with E-state index in [4.69, 9.17) is 9.72 Å². The van der Waals surface area contributed by atoms with Crippen LogP contribution in [0.3, 0.4) is 0 Å². The molecule has 1 amide bonds. The van der Waals surface area contributed by atoms with Crippen molar-refractivity contribution in [1.82, 2.24) is 14.7 Å². The molecule has 0 atom stereocenters. The van der Waals surface area contributed by atoms with Gasteiger partial charge in [0.25, 0.3) is 0 Å². The lowest BCUT2D eigenvalue weighted by molar-refractivity contribution is 0.0527. The van der Waals surface area contributed by atoms with Crippen molar-refractivity contribution in [2.24, 2.45) is 0 Å². The second kappa shape index (κ2) is 10.9. The summed E-state index contributed by atoms with van der Waals surface area (Å²) in [5.41, 5.74) is 6.03. The second-order valence-corrected chi connectivity index (χ2v) is 11.1. The molecule has 6 heteroatoms. The number of pyridine rings is 1. The van der Waals surface area contributed by atoms with Crippen LogP contribution >= 0.6 is 0 Å². The van der Waals surface area contributed by atoms with Crippen LogP contribution in [-0.4, -0.2) is 21.1 Å². The summed E-state index contributed by atoms with van der Waals surface area (Å²) >= 11 is 0. The Balaban J connectivity index is 1.40. The molecule has 5 nitrogen and oxygen atoms in total. The molecule has 2 heterocycles. The Kier molecular flexibility index (Phi) is 7.15. The average molecular weight is 560 g/mol. The van der Waals surface area contributed by atoms with Gasteiger partial charge in [0.05, 0.1) is 37.7 Å². The highest BCUT2D eigenvalue weighted by atomic mass is 19.1. The highest BCUT2D eigenvalue weighted by molar-refractivity contribution is 5.87. The number of halogens is 1. The maximum atomic E-state index is 14.2. The fourth-order valence-electron chi connectivity index (χ4n) is 5.69. The van der Waals surface area contributed by atoms with Gasteiger partial charge in [-0.05, 0) is 54.7 Å². The first-order valence-electron chi connectivity index (χ1n) is 14.4. The predicted molar refractivity (Wildman–Crippen MR) is 165 cm³/mol. The normalized spacial score (nSPS) is 14.2. The van der Waals surface area contributed by atoms with Crippen LogP contribution in [0.1, 0.15) is 45.6 Å². The number of benzene rings is 3. The largest absolute Gasteiger partial charge is 0.414 e. The second-order valence-electron chi connectivity index (χ2n) is 11.1. The highest BCUT2D eigenvalue weighted by Crippen LogP contribution is 2.43. The molecule has 2 aromatic heterocycles. The molecule has 0 unspecified atom stereocenters. The Hall–Kier alpha value is -4.71. The summed E-state index contributed by atoms with van der Waals surface area (Å²) in [6.07, 6.45) is 8.05. The molecular weight excluding hydrogens is 525 g/mol. The molecular formula is C36H34FN3O2+2. The third-order valence-corrected chi connectivity index (χ3v) is 8.55. The Bertz CT molecular complexity index is 1720. The van der Waals surface area contributed by atoms with Crippen molar-refractivity contribution in [2.45, 2.75) is 51.2 Å². The molecule has 3 aromatic carbocycles. The summed E-state index contributed by atoms with van der Waals surface area (Å²) in [7, 11) is 0. The Morgan fingerprint density at radius 1 is 0.929 bits per heavy atom. The van der Waals surface area contributed by atoms with Gasteiger partial charge in [0.15, 0.2) is 12.8 Å². The zero-order valence-corrected chi connectivity index (χ0v) is 24.1. The zero-order valence-electron chi connectivity index (χ0n) is 24.1. The van der Waals surface area contributed by atoms with Crippen molar-refractivity contribution in [1.29, 1.82) is 0 Å². The number of nitrogens with zero attached hydrogens (tertiary/aromatic N) is 2. The van der Waals surface area contributed by atoms with E-state index in [2.05, 4.69) is 46.1 Å². The smallest absolute Gasteiger partial charge is 0.364 e. The van der Waals surface area contributed by atoms with Crippen molar-refractivity contribution < 1.29 is 13.9 Å². The van der Waals surface area contributed by atoms with Gasteiger partial charge in [-0.1, -0.05) is 66.7 Å². The van der Waals surface area contributed by atoms with E-state index in [0.29, 0.717) is 0 Å². The summed E-state index contributed by atoms with van der Waals surface area (Å²) < 4.78 is 22.0. The molecule has 210 valence electrons. The van der Waals surface area contributed by atoms with Gasteiger partial charge >= 0.3 is 11.7 Å². The summed E-state index contributed by atoms with van der Waals surface area (Å²) in [4.78, 5) is 18.1. The van der Waals surface area contributed by atoms with Crippen LogP contribution in [-0.2, 0) is 10.3 Å². The van der Waals surface area contributed by atoms with Crippen molar-refractivity contribution in [3.05, 3.63) is 121 Å². The summed E-state index contributed by atoms with van der Waals surface area (Å²) in [6, 6.07) is 29.0. The molecule has 1 N–H and O–H groups in total. The minimum Gasteiger partial charge on any atom is -0.364 e. The number of rotatable bonds is 8. The third kappa shape index (κ3) is 4.98. The zero-order chi connectivity index (χ0) is 29.3. The average Bonchev–Trinajstić information content (AvgIpc) is 3.39. The number of alkyl carbamates (subject to hydrolysis) is 1. The minimum absolute atomic E-state index is 0.284. The minimum atomic E-state index is -0.722. The van der Waals surface area contributed by atoms with Crippen molar-refractivity contribution >= 4 is 11.7 Å². The maximum Gasteiger partial charge on any atom is 0.414 e. The molecule has 0 spiro atoms. The first-order chi connectivity index (χ1) is 20.3. The number of imidazole rings is 1. The van der Waals surface area contributed by atoms with Crippen LogP contribution in [0.15, 0.2) is 97.2 Å². The number of nitrogens with one attached hydrogen (secondary N) is 1. The van der Waals surface area contributed by atoms with Crippen LogP contribution in [0, 0.1) is 18.7 Å². The number of carbonyl (C=O) groups is 1. The Morgan fingerprint density at radius 2 is 1.64 bits per heavy atom. The lowest BCUT2D eigenvalue weighted by Gasteiger charge is -2.42. The van der Waals surface area contributed by atoms with Crippen molar-refractivity contribution in [2.75, 3.05) is 0 Å². The lowest BCUT2D eigenvalue weighted by atomic mass is 9.71. The number of fused-ring (bicyclic) bond motifs is 1. The molecule has 0 aliphatic heterocycles. The number of ether oxygens (including phenoxy) is 1. The summed E-state index contributed by atoms with van der Waals surface area (Å²) in [5, 5.41) is 3.17. The molecule has 0 saturated heterocycles. The monoisotopic (exact) mass is 559 g/mol. The third-order valence-electron chi connectivity index (χ3n) is 8.55. The molecule has 0 bridgehead atoms. The SMILES string of the molecule is C[CH+]C(C)([CH+]C)OC(=O)NC1(c2ccc(-c3nc4c(-c5cccc(F)c5)cccn4c3-c3ccccc3)cc2)CCC1. The maximum absolute atomic E-state index is 14.2. The number of hydrogen-bond acceptors (Lipinski definition) is 3. The van der Waals surface area contributed by atoms with Gasteiger partial charge in [-0.2, -0.15) is 0 Å². The van der Waals surface area contributed by atoms with E-state index in [1.165, 1.54) is 12.1 Å². The van der Waals surface area contributed by atoms with Crippen LogP contribution in [0.2, 0.25) is 0 Å². The van der Waals surface area contributed by atoms with E-state index in [9.17, 15) is 9.18 Å². The molecule has 6 rings (SSSR count). The van der Waals surface area contributed by atoms with E-state index in [1.54, 1.807) is 6.07 Å². The number of carbonyl (C=O) groups excluding carboxylic acids is 1. The van der Waals surface area contributed by atoms with Gasteiger partial charge in [0.2, 0.25) is 0 Å². The van der Waals surface area contributed by atoms with Crippen LogP contribution in [0.4, 0.5) is 9.18 Å². The fraction of sp³-hybridized carbons (Fsp3) is 0.222. The molecule has 0 radical (unpaired) electrons. The first kappa shape index (κ1) is 27.5. The summed E-state index contributed by atoms with van der Waals surface area (Å²) in [5.74, 6) is -0.284. The Morgan fingerprint density at radius 3 is 2.29 bits per heavy atom. The van der Waals surface area contributed by atoms with Gasteiger partial charge in [0.1, 0.15) is 11.5 Å². The van der Waals surface area contributed by atoms with Crippen LogP contribution in [0.25, 0.3) is 39.3 Å². The fourth-order valence-corrected chi connectivity index (χ4v) is 5.69. The topological polar surface area (TPSA) is 55.6 Å². The molecule has 1 aliphatic carbocycles. The van der Waals surface area contributed by atoms with Crippen molar-refractivity contribution in [3.63, 3.8) is 0 Å². The molecule has 1 aliphatic rings. The van der Waals surface area contributed by atoms with Gasteiger partial charge < -0.3 is 10.1 Å². The Labute approximate surface area is 246 Å². The van der Waals surface area contributed by atoms with E-state index in [0.717, 1.165) is 64.1 Å². The molecule has 5 aromatic rings. The van der Waals surface area contributed by atoms with Gasteiger partial charge in [-0.15, -0.1) is 0 Å². The van der Waals surface area contributed by atoms with E-state index in [1.807, 2.05) is 76.2 Å². The van der Waals surface area contributed by atoms with Crippen LogP contribution in [0.5, 0.6) is 0 Å². The highest BCUT2D eigenvalue weighted by Gasteiger charge is 2.45. The molecule has 1 saturated carbocycles. The van der Waals surface area contributed by atoms with Gasteiger partial charge in [0, 0.05) is 22.9 Å².